The molecule has 1 N–H and O–H groups in total. The van der Waals surface area contributed by atoms with Crippen LogP contribution in [0, 0.1) is 22.0 Å². The molecule has 0 radical (unpaired) electrons. The van der Waals surface area contributed by atoms with Gasteiger partial charge in [0.05, 0.1) is 0 Å². The Labute approximate surface area is 118 Å². The summed E-state index contributed by atoms with van der Waals surface area (Å²) in [6.07, 6.45) is 3.23. The van der Waals surface area contributed by atoms with Gasteiger partial charge < -0.3 is 14.8 Å². The third-order valence-electron chi connectivity index (χ3n) is 3.82. The van der Waals surface area contributed by atoms with Gasteiger partial charge in [0.2, 0.25) is 11.9 Å². The van der Waals surface area contributed by atoms with Crippen molar-refractivity contribution in [2.75, 3.05) is 33.0 Å². The van der Waals surface area contributed by atoms with E-state index in [4.69, 9.17) is 9.47 Å². The van der Waals surface area contributed by atoms with Gasteiger partial charge in [0, 0.05) is 44.3 Å². The minimum absolute atomic E-state index is 0.198. The Morgan fingerprint density at radius 3 is 2.80 bits per heavy atom. The number of nitrogens with zero attached hydrogens (tertiary/aromatic N) is 1. The molecular formula is C13H22N2O5. The number of nitrogens with one attached hydrogen (secondary N) is 1. The van der Waals surface area contributed by atoms with Crippen LogP contribution in [0.25, 0.3) is 0 Å². The summed E-state index contributed by atoms with van der Waals surface area (Å²) >= 11 is 0. The maximum atomic E-state index is 11.5. The first kappa shape index (κ1) is 15.2. The molecule has 0 spiro atoms. The largest absolute Gasteiger partial charge is 0.381 e. The van der Waals surface area contributed by atoms with E-state index in [0.717, 1.165) is 39.1 Å². The first-order valence-electron chi connectivity index (χ1n) is 7.25. The van der Waals surface area contributed by atoms with E-state index in [1.165, 1.54) is 0 Å². The van der Waals surface area contributed by atoms with Crippen molar-refractivity contribution in [1.29, 1.82) is 0 Å². The van der Waals surface area contributed by atoms with Gasteiger partial charge in [0.15, 0.2) is 0 Å². The first-order valence-corrected chi connectivity index (χ1v) is 7.25. The Balaban J connectivity index is 1.44. The molecule has 7 nitrogen and oxygen atoms in total. The van der Waals surface area contributed by atoms with Gasteiger partial charge in [-0.25, -0.2) is 0 Å². The predicted octanol–water partition coefficient (Wildman–Crippen LogP) is 0.601. The van der Waals surface area contributed by atoms with Crippen LogP contribution in [0.1, 0.15) is 25.7 Å². The molecule has 0 aromatic rings. The summed E-state index contributed by atoms with van der Waals surface area (Å²) in [6, 6.07) is -0.667. The minimum Gasteiger partial charge on any atom is -0.381 e. The molecule has 0 unspecified atom stereocenters. The summed E-state index contributed by atoms with van der Waals surface area (Å²) in [5.74, 6) is -0.0325. The molecule has 114 valence electrons. The van der Waals surface area contributed by atoms with E-state index >= 15 is 0 Å². The first-order chi connectivity index (χ1) is 9.68. The van der Waals surface area contributed by atoms with E-state index < -0.39 is 12.0 Å². The molecule has 20 heavy (non-hydrogen) atoms. The number of carbonyl (C=O) groups excluding carboxylic acids is 1. The van der Waals surface area contributed by atoms with Crippen molar-refractivity contribution in [2.24, 2.45) is 11.8 Å². The summed E-state index contributed by atoms with van der Waals surface area (Å²) in [7, 11) is 0. The summed E-state index contributed by atoms with van der Waals surface area (Å²) in [4.78, 5) is 21.6. The number of carbonyl (C=O) groups is 1. The Morgan fingerprint density at radius 1 is 1.40 bits per heavy atom. The summed E-state index contributed by atoms with van der Waals surface area (Å²) in [5, 5.41) is 13.2. The second-order valence-corrected chi connectivity index (χ2v) is 5.47. The number of ether oxygens (including phenoxy) is 2. The van der Waals surface area contributed by atoms with Crippen LogP contribution < -0.4 is 5.32 Å². The number of amides is 1. The fourth-order valence-corrected chi connectivity index (χ4v) is 2.38. The highest BCUT2D eigenvalue weighted by molar-refractivity contribution is 5.81. The van der Waals surface area contributed by atoms with E-state index in [9.17, 15) is 14.9 Å². The van der Waals surface area contributed by atoms with Crippen molar-refractivity contribution < 1.29 is 19.2 Å². The molecule has 1 aliphatic carbocycles. The average molecular weight is 286 g/mol. The molecule has 1 aliphatic heterocycles. The second kappa shape index (κ2) is 7.54. The Morgan fingerprint density at radius 2 is 2.15 bits per heavy atom. The van der Waals surface area contributed by atoms with Crippen molar-refractivity contribution in [3.05, 3.63) is 10.1 Å². The molecule has 0 bridgehead atoms. The molecule has 7 heteroatoms. The Hall–Kier alpha value is -1.21. The summed E-state index contributed by atoms with van der Waals surface area (Å²) in [5.41, 5.74) is 0. The smallest absolute Gasteiger partial charge is 0.230 e. The maximum Gasteiger partial charge on any atom is 0.230 e. The van der Waals surface area contributed by atoms with Crippen molar-refractivity contribution in [1.82, 2.24) is 5.32 Å². The SMILES string of the molecule is O=C(NCCCOCC1CCOCC1)[C@H]1C[C@H]1[N+](=O)[O-]. The molecule has 1 saturated carbocycles. The van der Waals surface area contributed by atoms with Crippen molar-refractivity contribution in [2.45, 2.75) is 31.7 Å². The van der Waals surface area contributed by atoms with Gasteiger partial charge in [0.25, 0.3) is 0 Å². The van der Waals surface area contributed by atoms with Crippen LogP contribution in [0.4, 0.5) is 0 Å². The molecule has 1 heterocycles. The highest BCUT2D eigenvalue weighted by Gasteiger charge is 2.53. The lowest BCUT2D eigenvalue weighted by Crippen LogP contribution is -2.29. The van der Waals surface area contributed by atoms with Gasteiger partial charge in [-0.3, -0.25) is 14.9 Å². The van der Waals surface area contributed by atoms with E-state index in [0.29, 0.717) is 25.5 Å². The molecule has 2 atom stereocenters. The molecular weight excluding hydrogens is 264 g/mol. The minimum atomic E-state index is -0.667. The third-order valence-corrected chi connectivity index (χ3v) is 3.82. The van der Waals surface area contributed by atoms with Gasteiger partial charge >= 0.3 is 0 Å². The van der Waals surface area contributed by atoms with Crippen LogP contribution in [0.5, 0.6) is 0 Å². The van der Waals surface area contributed by atoms with Crippen LogP contribution in [0.3, 0.4) is 0 Å². The lowest BCUT2D eigenvalue weighted by molar-refractivity contribution is -0.497. The number of hydrogen-bond donors (Lipinski definition) is 1. The molecule has 0 aromatic heterocycles. The Kier molecular flexibility index (Phi) is 5.72. The van der Waals surface area contributed by atoms with Crippen LogP contribution in [-0.2, 0) is 14.3 Å². The van der Waals surface area contributed by atoms with Crippen molar-refractivity contribution in [3.8, 4) is 0 Å². The van der Waals surface area contributed by atoms with E-state index in [1.54, 1.807) is 0 Å². The van der Waals surface area contributed by atoms with Crippen LogP contribution in [-0.4, -0.2) is 49.8 Å². The fourth-order valence-electron chi connectivity index (χ4n) is 2.38. The molecule has 2 fully saturated rings. The number of rotatable bonds is 8. The predicted molar refractivity (Wildman–Crippen MR) is 70.9 cm³/mol. The third kappa shape index (κ3) is 4.72. The highest BCUT2D eigenvalue weighted by atomic mass is 16.6. The highest BCUT2D eigenvalue weighted by Crippen LogP contribution is 2.32. The zero-order valence-corrected chi connectivity index (χ0v) is 11.6. The molecule has 0 aromatic carbocycles. The second-order valence-electron chi connectivity index (χ2n) is 5.47. The number of nitro groups is 1. The zero-order valence-electron chi connectivity index (χ0n) is 11.6. The summed E-state index contributed by atoms with van der Waals surface area (Å²) < 4.78 is 10.8. The topological polar surface area (TPSA) is 90.7 Å². The lowest BCUT2D eigenvalue weighted by atomic mass is 10.0. The lowest BCUT2D eigenvalue weighted by Gasteiger charge is -2.21. The molecule has 1 saturated heterocycles. The normalized spacial score (nSPS) is 26.2. The molecule has 1 amide bonds. The van der Waals surface area contributed by atoms with Gasteiger partial charge in [-0.2, -0.15) is 0 Å². The van der Waals surface area contributed by atoms with Gasteiger partial charge in [0.1, 0.15) is 5.92 Å². The average Bonchev–Trinajstić information content (AvgIpc) is 3.24. The number of hydrogen-bond acceptors (Lipinski definition) is 5. The summed E-state index contributed by atoms with van der Waals surface area (Å²) in [6.45, 7) is 3.53. The molecule has 2 aliphatic rings. The van der Waals surface area contributed by atoms with Gasteiger partial charge in [-0.05, 0) is 25.2 Å². The van der Waals surface area contributed by atoms with E-state index in [-0.39, 0.29) is 10.8 Å². The Bertz CT molecular complexity index is 344. The van der Waals surface area contributed by atoms with Crippen LogP contribution in [0.2, 0.25) is 0 Å². The molecule has 2 rings (SSSR count). The van der Waals surface area contributed by atoms with Crippen LogP contribution >= 0.6 is 0 Å². The van der Waals surface area contributed by atoms with Gasteiger partial charge in [-0.1, -0.05) is 0 Å². The standard InChI is InChI=1S/C13H22N2O5/c16-13(11-8-12(11)15(17)18)14-4-1-5-20-9-10-2-6-19-7-3-10/h10-12H,1-9H2,(H,14,16)/t11-,12+/m0/s1. The van der Waals surface area contributed by atoms with E-state index in [2.05, 4.69) is 5.32 Å². The zero-order chi connectivity index (χ0) is 14.4. The van der Waals surface area contributed by atoms with E-state index in [1.807, 2.05) is 0 Å². The quantitative estimate of drug-likeness (QED) is 0.401. The monoisotopic (exact) mass is 286 g/mol. The fraction of sp³-hybridized carbons (Fsp3) is 0.923. The maximum absolute atomic E-state index is 11.5. The van der Waals surface area contributed by atoms with Crippen molar-refractivity contribution in [3.63, 3.8) is 0 Å². The van der Waals surface area contributed by atoms with Crippen molar-refractivity contribution >= 4 is 5.91 Å². The van der Waals surface area contributed by atoms with Crippen LogP contribution in [0.15, 0.2) is 0 Å². The van der Waals surface area contributed by atoms with Gasteiger partial charge in [-0.15, -0.1) is 0 Å².